The zero-order valence-electron chi connectivity index (χ0n) is 9.35. The number of rotatable bonds is 5. The van der Waals surface area contributed by atoms with Crippen molar-refractivity contribution in [2.75, 3.05) is 12.0 Å². The number of hydrogen-bond donors (Lipinski definition) is 0. The summed E-state index contributed by atoms with van der Waals surface area (Å²) in [6, 6.07) is 8.06. The van der Waals surface area contributed by atoms with Gasteiger partial charge in [0.1, 0.15) is 0 Å². The molecule has 1 aromatic carbocycles. The van der Waals surface area contributed by atoms with E-state index in [2.05, 4.69) is 16.9 Å². The molecule has 0 fully saturated rings. The van der Waals surface area contributed by atoms with Crippen molar-refractivity contribution in [3.63, 3.8) is 0 Å². The molecule has 2 rings (SSSR count). The second-order valence-electron chi connectivity index (χ2n) is 3.76. The van der Waals surface area contributed by atoms with Crippen LogP contribution in [0.15, 0.2) is 30.5 Å². The number of benzene rings is 1. The second kappa shape index (κ2) is 5.21. The van der Waals surface area contributed by atoms with Crippen molar-refractivity contribution >= 4 is 29.0 Å². The van der Waals surface area contributed by atoms with Crippen LogP contribution in [0.3, 0.4) is 0 Å². The molecule has 2 aromatic rings. The van der Waals surface area contributed by atoms with Gasteiger partial charge < -0.3 is 4.57 Å². The molecule has 0 unspecified atom stereocenters. The standard InChI is InChI=1S/C13H15NOS/c1-16-8-4-7-14-9-11(10-15)12-5-2-3-6-13(12)14/h2-3,5-6,9-10H,4,7-8H2,1H3. The first-order valence-corrected chi connectivity index (χ1v) is 6.78. The summed E-state index contributed by atoms with van der Waals surface area (Å²) in [6.07, 6.45) is 6.15. The lowest BCUT2D eigenvalue weighted by Gasteiger charge is -2.03. The number of fused-ring (bicyclic) bond motifs is 1. The lowest BCUT2D eigenvalue weighted by Crippen LogP contribution is -1.96. The Balaban J connectivity index is 2.33. The van der Waals surface area contributed by atoms with Crippen LogP contribution in [0, 0.1) is 0 Å². The van der Waals surface area contributed by atoms with Gasteiger partial charge in [-0.15, -0.1) is 0 Å². The number of nitrogens with zero attached hydrogens (tertiary/aromatic N) is 1. The van der Waals surface area contributed by atoms with E-state index < -0.39 is 0 Å². The fraction of sp³-hybridized carbons (Fsp3) is 0.308. The summed E-state index contributed by atoms with van der Waals surface area (Å²) in [5.74, 6) is 1.16. The van der Waals surface area contributed by atoms with Gasteiger partial charge in [-0.25, -0.2) is 0 Å². The third kappa shape index (κ3) is 2.14. The first kappa shape index (κ1) is 11.3. The van der Waals surface area contributed by atoms with E-state index in [-0.39, 0.29) is 0 Å². The molecule has 0 aliphatic carbocycles. The highest BCUT2D eigenvalue weighted by atomic mass is 32.2. The maximum atomic E-state index is 10.9. The number of carbonyl (C=O) groups is 1. The minimum atomic E-state index is 0.791. The molecule has 1 heterocycles. The number of aryl methyl sites for hydroxylation is 1. The molecule has 0 saturated heterocycles. The zero-order chi connectivity index (χ0) is 11.4. The van der Waals surface area contributed by atoms with Gasteiger partial charge in [0.25, 0.3) is 0 Å². The van der Waals surface area contributed by atoms with Crippen molar-refractivity contribution in [3.8, 4) is 0 Å². The largest absolute Gasteiger partial charge is 0.347 e. The maximum Gasteiger partial charge on any atom is 0.152 e. The highest BCUT2D eigenvalue weighted by Crippen LogP contribution is 2.20. The van der Waals surface area contributed by atoms with Crippen molar-refractivity contribution in [3.05, 3.63) is 36.0 Å². The predicted molar refractivity (Wildman–Crippen MR) is 70.3 cm³/mol. The molecule has 16 heavy (non-hydrogen) atoms. The van der Waals surface area contributed by atoms with E-state index in [0.717, 1.165) is 41.5 Å². The first-order chi connectivity index (χ1) is 7.86. The summed E-state index contributed by atoms with van der Waals surface area (Å²) in [5, 5.41) is 1.06. The average Bonchev–Trinajstić information content (AvgIpc) is 2.68. The van der Waals surface area contributed by atoms with Gasteiger partial charge in [-0.3, -0.25) is 4.79 Å². The Morgan fingerprint density at radius 3 is 2.94 bits per heavy atom. The summed E-state index contributed by atoms with van der Waals surface area (Å²) >= 11 is 1.86. The molecule has 0 bridgehead atoms. The summed E-state index contributed by atoms with van der Waals surface area (Å²) in [7, 11) is 0. The Bertz CT molecular complexity index is 490. The second-order valence-corrected chi connectivity index (χ2v) is 4.74. The summed E-state index contributed by atoms with van der Waals surface area (Å²) in [4.78, 5) is 10.9. The molecule has 0 aliphatic heterocycles. The van der Waals surface area contributed by atoms with Gasteiger partial charge in [0.15, 0.2) is 6.29 Å². The van der Waals surface area contributed by atoms with Gasteiger partial charge >= 0.3 is 0 Å². The molecule has 0 amide bonds. The minimum Gasteiger partial charge on any atom is -0.347 e. The maximum absolute atomic E-state index is 10.9. The monoisotopic (exact) mass is 233 g/mol. The first-order valence-electron chi connectivity index (χ1n) is 5.39. The highest BCUT2D eigenvalue weighted by molar-refractivity contribution is 7.98. The normalized spacial score (nSPS) is 10.8. The van der Waals surface area contributed by atoms with Gasteiger partial charge in [0, 0.05) is 29.2 Å². The van der Waals surface area contributed by atoms with Crippen molar-refractivity contribution in [1.29, 1.82) is 0 Å². The van der Waals surface area contributed by atoms with Crippen LogP contribution < -0.4 is 0 Å². The predicted octanol–water partition coefficient (Wildman–Crippen LogP) is 3.21. The number of hydrogen-bond acceptors (Lipinski definition) is 2. The summed E-state index contributed by atoms with van der Waals surface area (Å²) < 4.78 is 2.18. The van der Waals surface area contributed by atoms with E-state index >= 15 is 0 Å². The third-order valence-corrected chi connectivity index (χ3v) is 3.39. The van der Waals surface area contributed by atoms with Crippen LogP contribution >= 0.6 is 11.8 Å². The van der Waals surface area contributed by atoms with Crippen molar-refractivity contribution < 1.29 is 4.79 Å². The number of thioether (sulfide) groups is 1. The molecule has 0 radical (unpaired) electrons. The number of aromatic nitrogens is 1. The van der Waals surface area contributed by atoms with E-state index in [1.807, 2.05) is 36.2 Å². The Labute approximate surface area is 99.6 Å². The summed E-state index contributed by atoms with van der Waals surface area (Å²) in [5.41, 5.74) is 1.95. The van der Waals surface area contributed by atoms with E-state index in [1.165, 1.54) is 0 Å². The average molecular weight is 233 g/mol. The Morgan fingerprint density at radius 2 is 2.19 bits per heavy atom. The molecule has 3 heteroatoms. The van der Waals surface area contributed by atoms with Crippen molar-refractivity contribution in [1.82, 2.24) is 4.57 Å². The van der Waals surface area contributed by atoms with Crippen LogP contribution in [-0.2, 0) is 6.54 Å². The summed E-state index contributed by atoms with van der Waals surface area (Å²) in [6.45, 7) is 0.981. The van der Waals surface area contributed by atoms with Crippen LogP contribution in [0.1, 0.15) is 16.8 Å². The number of aldehydes is 1. The zero-order valence-corrected chi connectivity index (χ0v) is 10.2. The van der Waals surface area contributed by atoms with Crippen LogP contribution in [0.25, 0.3) is 10.9 Å². The van der Waals surface area contributed by atoms with Crippen molar-refractivity contribution in [2.45, 2.75) is 13.0 Å². The smallest absolute Gasteiger partial charge is 0.152 e. The fourth-order valence-corrected chi connectivity index (χ4v) is 2.35. The molecule has 0 N–H and O–H groups in total. The van der Waals surface area contributed by atoms with E-state index in [1.54, 1.807) is 0 Å². The van der Waals surface area contributed by atoms with Crippen LogP contribution in [-0.4, -0.2) is 22.9 Å². The fourth-order valence-electron chi connectivity index (χ4n) is 1.93. The lowest BCUT2D eigenvalue weighted by molar-refractivity contribution is 0.112. The van der Waals surface area contributed by atoms with Gasteiger partial charge in [0.05, 0.1) is 0 Å². The quantitative estimate of drug-likeness (QED) is 0.584. The molecule has 0 spiro atoms. The third-order valence-electron chi connectivity index (χ3n) is 2.69. The number of para-hydroxylation sites is 1. The van der Waals surface area contributed by atoms with Crippen LogP contribution in [0.2, 0.25) is 0 Å². The molecule has 0 atom stereocenters. The van der Waals surface area contributed by atoms with Gasteiger partial charge in [-0.05, 0) is 24.5 Å². The molecule has 2 nitrogen and oxygen atoms in total. The molecule has 1 aromatic heterocycles. The van der Waals surface area contributed by atoms with E-state index in [9.17, 15) is 4.79 Å². The lowest BCUT2D eigenvalue weighted by atomic mass is 10.2. The van der Waals surface area contributed by atoms with E-state index in [4.69, 9.17) is 0 Å². The van der Waals surface area contributed by atoms with Gasteiger partial charge in [-0.1, -0.05) is 18.2 Å². The number of carbonyl (C=O) groups excluding carboxylic acids is 1. The molecular weight excluding hydrogens is 218 g/mol. The molecule has 0 saturated carbocycles. The SMILES string of the molecule is CSCCCn1cc(C=O)c2ccccc21. The minimum absolute atomic E-state index is 0.791. The van der Waals surface area contributed by atoms with Gasteiger partial charge in [0.2, 0.25) is 0 Å². The molecule has 84 valence electrons. The van der Waals surface area contributed by atoms with Crippen LogP contribution in [0.4, 0.5) is 0 Å². The Hall–Kier alpha value is -1.22. The highest BCUT2D eigenvalue weighted by Gasteiger charge is 2.06. The Kier molecular flexibility index (Phi) is 3.67. The van der Waals surface area contributed by atoms with Crippen molar-refractivity contribution in [2.24, 2.45) is 0 Å². The van der Waals surface area contributed by atoms with E-state index in [0.29, 0.717) is 0 Å². The molecule has 0 aliphatic rings. The Morgan fingerprint density at radius 1 is 1.38 bits per heavy atom. The van der Waals surface area contributed by atoms with Crippen LogP contribution in [0.5, 0.6) is 0 Å². The topological polar surface area (TPSA) is 22.0 Å². The molecular formula is C13H15NOS. The van der Waals surface area contributed by atoms with Gasteiger partial charge in [-0.2, -0.15) is 11.8 Å².